The van der Waals surface area contributed by atoms with E-state index in [0.29, 0.717) is 26.2 Å². The van der Waals surface area contributed by atoms with Gasteiger partial charge in [-0.2, -0.15) is 0 Å². The topological polar surface area (TPSA) is 59.0 Å². The van der Waals surface area contributed by atoms with E-state index in [2.05, 4.69) is 4.90 Å². The Labute approximate surface area is 125 Å². The van der Waals surface area contributed by atoms with Gasteiger partial charge in [0, 0.05) is 6.54 Å². The molecule has 1 atom stereocenters. The summed E-state index contributed by atoms with van der Waals surface area (Å²) < 4.78 is 16.2. The molecule has 0 aliphatic rings. The van der Waals surface area contributed by atoms with Crippen molar-refractivity contribution in [3.8, 4) is 0 Å². The minimum Gasteiger partial charge on any atom is -0.468 e. The van der Waals surface area contributed by atoms with Crippen LogP contribution in [0.4, 0.5) is 0 Å². The minimum absolute atomic E-state index is 0.114. The van der Waals surface area contributed by atoms with Crippen molar-refractivity contribution in [3.05, 3.63) is 48.3 Å². The Balaban J connectivity index is 1.91. The summed E-state index contributed by atoms with van der Waals surface area (Å²) in [5.74, 6) is 1.72. The van der Waals surface area contributed by atoms with E-state index >= 15 is 0 Å². The van der Waals surface area contributed by atoms with Gasteiger partial charge in [-0.15, -0.1) is 0 Å². The molecule has 0 radical (unpaired) electrons. The second-order valence-corrected chi connectivity index (χ2v) is 5.36. The molecule has 0 bridgehead atoms. The zero-order valence-corrected chi connectivity index (χ0v) is 12.6. The summed E-state index contributed by atoms with van der Waals surface area (Å²) in [6, 6.07) is 7.57. The summed E-state index contributed by atoms with van der Waals surface area (Å²) >= 11 is 0. The zero-order chi connectivity index (χ0) is 15.1. The molecule has 0 saturated heterocycles. The van der Waals surface area contributed by atoms with E-state index in [1.54, 1.807) is 12.5 Å². The van der Waals surface area contributed by atoms with Crippen LogP contribution in [0.5, 0.6) is 0 Å². The van der Waals surface area contributed by atoms with E-state index in [1.165, 1.54) is 0 Å². The molecule has 5 heteroatoms. The van der Waals surface area contributed by atoms with Crippen molar-refractivity contribution in [1.82, 2.24) is 4.90 Å². The monoisotopic (exact) mass is 293 g/mol. The maximum Gasteiger partial charge on any atom is 0.117 e. The van der Waals surface area contributed by atoms with Crippen LogP contribution in [-0.4, -0.2) is 35.4 Å². The van der Waals surface area contributed by atoms with Gasteiger partial charge in [0.15, 0.2) is 0 Å². The molecule has 0 aliphatic carbocycles. The Morgan fingerprint density at radius 2 is 1.67 bits per heavy atom. The molecule has 5 nitrogen and oxygen atoms in total. The van der Waals surface area contributed by atoms with Gasteiger partial charge in [0.25, 0.3) is 0 Å². The van der Waals surface area contributed by atoms with Crippen LogP contribution in [0.3, 0.4) is 0 Å². The molecule has 2 rings (SSSR count). The van der Waals surface area contributed by atoms with Gasteiger partial charge in [-0.1, -0.05) is 0 Å². The fraction of sp³-hybridized carbons (Fsp3) is 0.500. The van der Waals surface area contributed by atoms with Crippen molar-refractivity contribution in [3.63, 3.8) is 0 Å². The summed E-state index contributed by atoms with van der Waals surface area (Å²) in [5.41, 5.74) is 0. The molecule has 116 valence electrons. The van der Waals surface area contributed by atoms with Crippen molar-refractivity contribution in [2.24, 2.45) is 0 Å². The normalized spacial score (nSPS) is 13.2. The third-order valence-corrected chi connectivity index (χ3v) is 3.01. The molecule has 1 N–H and O–H groups in total. The van der Waals surface area contributed by atoms with Gasteiger partial charge in [0.05, 0.1) is 44.4 Å². The highest BCUT2D eigenvalue weighted by Gasteiger charge is 2.16. The van der Waals surface area contributed by atoms with Gasteiger partial charge in [-0.25, -0.2) is 0 Å². The molecule has 21 heavy (non-hydrogen) atoms. The number of hydrogen-bond donors (Lipinski definition) is 1. The van der Waals surface area contributed by atoms with E-state index < -0.39 is 6.10 Å². The highest BCUT2D eigenvalue weighted by Crippen LogP contribution is 2.12. The van der Waals surface area contributed by atoms with E-state index in [9.17, 15) is 5.11 Å². The Kier molecular flexibility index (Phi) is 6.04. The number of nitrogens with zero attached hydrogens (tertiary/aromatic N) is 1. The number of aliphatic hydroxyl groups is 1. The molecule has 0 aromatic carbocycles. The van der Waals surface area contributed by atoms with Crippen LogP contribution < -0.4 is 0 Å². The lowest BCUT2D eigenvalue weighted by Crippen LogP contribution is -2.34. The van der Waals surface area contributed by atoms with Crippen LogP contribution in [0, 0.1) is 0 Å². The molecule has 0 unspecified atom stereocenters. The van der Waals surface area contributed by atoms with Crippen LogP contribution in [0.2, 0.25) is 0 Å². The summed E-state index contributed by atoms with van der Waals surface area (Å²) in [6.45, 7) is 5.96. The number of aliphatic hydroxyl groups excluding tert-OH is 1. The van der Waals surface area contributed by atoms with Gasteiger partial charge >= 0.3 is 0 Å². The van der Waals surface area contributed by atoms with E-state index in [-0.39, 0.29) is 6.10 Å². The minimum atomic E-state index is -0.544. The summed E-state index contributed by atoms with van der Waals surface area (Å²) in [6.07, 6.45) is 2.87. The predicted molar refractivity (Wildman–Crippen MR) is 78.6 cm³/mol. The molecular weight excluding hydrogens is 270 g/mol. The first kappa shape index (κ1) is 15.8. The maximum atomic E-state index is 10.1. The van der Waals surface area contributed by atoms with Gasteiger partial charge in [-0.3, -0.25) is 4.90 Å². The average molecular weight is 293 g/mol. The fourth-order valence-electron chi connectivity index (χ4n) is 2.09. The largest absolute Gasteiger partial charge is 0.468 e. The Hall–Kier alpha value is -1.56. The molecule has 0 fully saturated rings. The number of ether oxygens (including phenoxy) is 1. The van der Waals surface area contributed by atoms with Gasteiger partial charge in [0.2, 0.25) is 0 Å². The van der Waals surface area contributed by atoms with Crippen LogP contribution in [-0.2, 0) is 17.8 Å². The third kappa shape index (κ3) is 5.75. The van der Waals surface area contributed by atoms with Crippen LogP contribution in [0.25, 0.3) is 0 Å². The second-order valence-electron chi connectivity index (χ2n) is 5.36. The average Bonchev–Trinajstić information content (AvgIpc) is 3.10. The molecular formula is C16H23NO4. The van der Waals surface area contributed by atoms with Crippen molar-refractivity contribution >= 4 is 0 Å². The van der Waals surface area contributed by atoms with Crippen molar-refractivity contribution < 1.29 is 18.7 Å². The molecule has 2 heterocycles. The van der Waals surface area contributed by atoms with E-state index in [1.807, 2.05) is 38.1 Å². The highest BCUT2D eigenvalue weighted by atomic mass is 16.5. The smallest absolute Gasteiger partial charge is 0.117 e. The number of rotatable bonds is 9. The van der Waals surface area contributed by atoms with Gasteiger partial charge < -0.3 is 18.7 Å². The first-order valence-corrected chi connectivity index (χ1v) is 7.20. The van der Waals surface area contributed by atoms with Crippen LogP contribution >= 0.6 is 0 Å². The molecule has 0 amide bonds. The third-order valence-electron chi connectivity index (χ3n) is 3.01. The zero-order valence-electron chi connectivity index (χ0n) is 12.6. The van der Waals surface area contributed by atoms with Crippen LogP contribution in [0.1, 0.15) is 25.4 Å². The molecule has 2 aromatic rings. The highest BCUT2D eigenvalue weighted by molar-refractivity contribution is 5.01. The van der Waals surface area contributed by atoms with Crippen molar-refractivity contribution in [1.29, 1.82) is 0 Å². The predicted octanol–water partition coefficient (Wildman–Crippen LogP) is 2.66. The van der Waals surface area contributed by atoms with Crippen LogP contribution in [0.15, 0.2) is 45.6 Å². The molecule has 0 saturated carbocycles. The lowest BCUT2D eigenvalue weighted by molar-refractivity contribution is -0.0121. The van der Waals surface area contributed by atoms with E-state index in [0.717, 1.165) is 11.5 Å². The number of hydrogen-bond acceptors (Lipinski definition) is 5. The van der Waals surface area contributed by atoms with Crippen molar-refractivity contribution in [2.45, 2.75) is 39.1 Å². The molecule has 0 aliphatic heterocycles. The first-order chi connectivity index (χ1) is 10.1. The molecule has 2 aromatic heterocycles. The quantitative estimate of drug-likeness (QED) is 0.770. The molecule has 0 spiro atoms. The standard InChI is InChI=1S/C16H23NO4/c1-13(2)21-12-14(18)9-17(10-15-5-3-7-19-15)11-16-6-4-8-20-16/h3-8,13-14,18H,9-12H2,1-2H3/t14-/m1/s1. The SMILES string of the molecule is CC(C)OC[C@H](O)CN(Cc1ccco1)Cc1ccco1. The van der Waals surface area contributed by atoms with Gasteiger partial charge in [0.1, 0.15) is 11.5 Å². The van der Waals surface area contributed by atoms with Crippen molar-refractivity contribution in [2.75, 3.05) is 13.2 Å². The number of furan rings is 2. The van der Waals surface area contributed by atoms with E-state index in [4.69, 9.17) is 13.6 Å². The summed E-state index contributed by atoms with van der Waals surface area (Å²) in [4.78, 5) is 2.08. The fourth-order valence-corrected chi connectivity index (χ4v) is 2.09. The van der Waals surface area contributed by atoms with Gasteiger partial charge in [-0.05, 0) is 38.1 Å². The maximum absolute atomic E-state index is 10.1. The Morgan fingerprint density at radius 3 is 2.10 bits per heavy atom. The summed E-state index contributed by atoms with van der Waals surface area (Å²) in [5, 5.41) is 10.1. The first-order valence-electron chi connectivity index (χ1n) is 7.20. The Morgan fingerprint density at radius 1 is 1.10 bits per heavy atom. The Bertz CT molecular complexity index is 442. The second kappa shape index (κ2) is 8.02. The lowest BCUT2D eigenvalue weighted by atomic mass is 10.3. The lowest BCUT2D eigenvalue weighted by Gasteiger charge is -2.23. The summed E-state index contributed by atoms with van der Waals surface area (Å²) in [7, 11) is 0.